The van der Waals surface area contributed by atoms with Crippen molar-refractivity contribution >= 4 is 10.8 Å². The summed E-state index contributed by atoms with van der Waals surface area (Å²) in [6.45, 7) is 0. The van der Waals surface area contributed by atoms with E-state index in [0.29, 0.717) is 0 Å². The monoisotopic (exact) mass is 219 g/mol. The Balaban J connectivity index is 2.38. The summed E-state index contributed by atoms with van der Waals surface area (Å²) in [6, 6.07) is 21.4. The first-order valence-electron chi connectivity index (χ1n) is 5.60. The summed E-state index contributed by atoms with van der Waals surface area (Å²) in [4.78, 5) is 0. The van der Waals surface area contributed by atoms with E-state index >= 15 is 0 Å². The molecule has 0 atom stereocenters. The average Bonchev–Trinajstić information content (AvgIpc) is 2.39. The van der Waals surface area contributed by atoms with E-state index in [4.69, 9.17) is 0 Å². The lowest BCUT2D eigenvalue weighted by atomic mass is 9.98. The lowest BCUT2D eigenvalue weighted by Gasteiger charge is -2.14. The Kier molecular flexibility index (Phi) is 2.30. The standard InChI is InChI=1S/C16H12O/c17-15-11-5-9-13-8-4-10-14(16(13)15)12-6-2-1-3-7-12/h1-11,17H/p-1. The van der Waals surface area contributed by atoms with Gasteiger partial charge in [-0.2, -0.15) is 0 Å². The molecule has 0 heterocycles. The molecule has 0 fully saturated rings. The van der Waals surface area contributed by atoms with Gasteiger partial charge in [0.1, 0.15) is 0 Å². The summed E-state index contributed by atoms with van der Waals surface area (Å²) in [5.41, 5.74) is 2.09. The molecular formula is C16H11O-. The van der Waals surface area contributed by atoms with E-state index in [1.807, 2.05) is 54.6 Å². The molecule has 0 aliphatic heterocycles. The van der Waals surface area contributed by atoms with Crippen molar-refractivity contribution in [2.45, 2.75) is 0 Å². The summed E-state index contributed by atoms with van der Waals surface area (Å²) in [7, 11) is 0. The molecule has 3 rings (SSSR count). The first-order valence-corrected chi connectivity index (χ1v) is 5.60. The Labute approximate surface area is 100.0 Å². The second-order valence-electron chi connectivity index (χ2n) is 4.03. The highest BCUT2D eigenvalue weighted by atomic mass is 16.3. The van der Waals surface area contributed by atoms with Crippen molar-refractivity contribution in [3.8, 4) is 16.9 Å². The minimum atomic E-state index is 0.0851. The van der Waals surface area contributed by atoms with E-state index in [0.717, 1.165) is 21.9 Å². The molecule has 0 amide bonds. The molecule has 0 N–H and O–H groups in total. The van der Waals surface area contributed by atoms with Gasteiger partial charge in [-0.3, -0.25) is 0 Å². The van der Waals surface area contributed by atoms with Gasteiger partial charge in [-0.25, -0.2) is 0 Å². The Hall–Kier alpha value is -2.28. The lowest BCUT2D eigenvalue weighted by Crippen LogP contribution is -1.92. The predicted octanol–water partition coefficient (Wildman–Crippen LogP) is 3.58. The van der Waals surface area contributed by atoms with Crippen molar-refractivity contribution in [3.63, 3.8) is 0 Å². The van der Waals surface area contributed by atoms with Gasteiger partial charge >= 0.3 is 0 Å². The molecule has 1 heteroatoms. The molecule has 0 radical (unpaired) electrons. The maximum absolute atomic E-state index is 12.0. The Morgan fingerprint density at radius 1 is 0.647 bits per heavy atom. The van der Waals surface area contributed by atoms with Crippen LogP contribution in [0.5, 0.6) is 5.75 Å². The van der Waals surface area contributed by atoms with Crippen molar-refractivity contribution in [1.82, 2.24) is 0 Å². The summed E-state index contributed by atoms with van der Waals surface area (Å²) in [5, 5.41) is 13.8. The van der Waals surface area contributed by atoms with Gasteiger partial charge in [0, 0.05) is 0 Å². The van der Waals surface area contributed by atoms with Gasteiger partial charge in [-0.15, -0.1) is 5.75 Å². The zero-order valence-corrected chi connectivity index (χ0v) is 9.26. The molecule has 0 aliphatic carbocycles. The molecule has 1 nitrogen and oxygen atoms in total. The Bertz CT molecular complexity index is 651. The van der Waals surface area contributed by atoms with Crippen molar-refractivity contribution in [1.29, 1.82) is 0 Å². The van der Waals surface area contributed by atoms with Crippen LogP contribution in [0.4, 0.5) is 0 Å². The normalized spacial score (nSPS) is 10.6. The molecular weight excluding hydrogens is 208 g/mol. The molecule has 0 aromatic heterocycles. The van der Waals surface area contributed by atoms with E-state index < -0.39 is 0 Å². The smallest absolute Gasteiger partial charge is 0.0112 e. The molecule has 0 bridgehead atoms. The maximum Gasteiger partial charge on any atom is -0.0112 e. The molecule has 3 aromatic carbocycles. The number of rotatable bonds is 1. The highest BCUT2D eigenvalue weighted by Crippen LogP contribution is 2.32. The molecule has 0 saturated carbocycles. The molecule has 3 aromatic rings. The zero-order chi connectivity index (χ0) is 11.7. The van der Waals surface area contributed by atoms with Crippen LogP contribution in [0.25, 0.3) is 21.9 Å². The lowest BCUT2D eigenvalue weighted by molar-refractivity contribution is -0.265. The van der Waals surface area contributed by atoms with Crippen molar-refractivity contribution in [2.24, 2.45) is 0 Å². The Morgan fingerprint density at radius 2 is 1.35 bits per heavy atom. The van der Waals surface area contributed by atoms with Gasteiger partial charge in [-0.05, 0) is 21.9 Å². The summed E-state index contributed by atoms with van der Waals surface area (Å²) >= 11 is 0. The predicted molar refractivity (Wildman–Crippen MR) is 68.8 cm³/mol. The maximum atomic E-state index is 12.0. The SMILES string of the molecule is [O-]c1cccc2cccc(-c3ccccc3)c12. The van der Waals surface area contributed by atoms with Crippen LogP contribution in [-0.2, 0) is 0 Å². The van der Waals surface area contributed by atoms with Gasteiger partial charge in [-0.1, -0.05) is 66.7 Å². The summed E-state index contributed by atoms with van der Waals surface area (Å²) < 4.78 is 0. The van der Waals surface area contributed by atoms with Crippen molar-refractivity contribution in [2.75, 3.05) is 0 Å². The average molecular weight is 219 g/mol. The number of benzene rings is 3. The van der Waals surface area contributed by atoms with Crippen molar-refractivity contribution in [3.05, 3.63) is 66.7 Å². The third kappa shape index (κ3) is 1.66. The molecule has 0 saturated heterocycles. The van der Waals surface area contributed by atoms with E-state index in [2.05, 4.69) is 0 Å². The third-order valence-electron chi connectivity index (χ3n) is 2.95. The van der Waals surface area contributed by atoms with Gasteiger partial charge in [0.15, 0.2) is 0 Å². The highest BCUT2D eigenvalue weighted by molar-refractivity contribution is 6.00. The highest BCUT2D eigenvalue weighted by Gasteiger charge is 2.02. The molecule has 17 heavy (non-hydrogen) atoms. The second kappa shape index (κ2) is 3.95. The van der Waals surface area contributed by atoms with Gasteiger partial charge in [0.2, 0.25) is 0 Å². The van der Waals surface area contributed by atoms with Gasteiger partial charge < -0.3 is 5.11 Å². The van der Waals surface area contributed by atoms with Crippen LogP contribution in [0.15, 0.2) is 66.7 Å². The topological polar surface area (TPSA) is 23.1 Å². The van der Waals surface area contributed by atoms with E-state index in [9.17, 15) is 5.11 Å². The van der Waals surface area contributed by atoms with E-state index in [1.54, 1.807) is 12.1 Å². The quantitative estimate of drug-likeness (QED) is 0.613. The fraction of sp³-hybridized carbons (Fsp3) is 0. The van der Waals surface area contributed by atoms with E-state index in [1.165, 1.54) is 0 Å². The summed E-state index contributed by atoms with van der Waals surface area (Å²) in [6.07, 6.45) is 0. The first-order chi connectivity index (χ1) is 8.36. The van der Waals surface area contributed by atoms with Crippen LogP contribution in [0.3, 0.4) is 0 Å². The van der Waals surface area contributed by atoms with Crippen LogP contribution in [-0.4, -0.2) is 0 Å². The number of fused-ring (bicyclic) bond motifs is 1. The molecule has 0 aliphatic rings. The number of hydrogen-bond donors (Lipinski definition) is 0. The van der Waals surface area contributed by atoms with Crippen LogP contribution in [0.1, 0.15) is 0 Å². The van der Waals surface area contributed by atoms with E-state index in [-0.39, 0.29) is 5.75 Å². The van der Waals surface area contributed by atoms with Crippen LogP contribution in [0, 0.1) is 0 Å². The molecule has 0 unspecified atom stereocenters. The zero-order valence-electron chi connectivity index (χ0n) is 9.26. The van der Waals surface area contributed by atoms with Gasteiger partial charge in [0.25, 0.3) is 0 Å². The number of hydrogen-bond acceptors (Lipinski definition) is 1. The Morgan fingerprint density at radius 3 is 2.12 bits per heavy atom. The fourth-order valence-corrected chi connectivity index (χ4v) is 2.16. The first kappa shape index (κ1) is 9.91. The third-order valence-corrected chi connectivity index (χ3v) is 2.95. The van der Waals surface area contributed by atoms with Crippen LogP contribution >= 0.6 is 0 Å². The summed E-state index contributed by atoms with van der Waals surface area (Å²) in [5.74, 6) is 0.0851. The largest absolute Gasteiger partial charge is 0.872 e. The van der Waals surface area contributed by atoms with Crippen molar-refractivity contribution < 1.29 is 5.11 Å². The van der Waals surface area contributed by atoms with Crippen LogP contribution < -0.4 is 5.11 Å². The molecule has 82 valence electrons. The van der Waals surface area contributed by atoms with Crippen LogP contribution in [0.2, 0.25) is 0 Å². The fourth-order valence-electron chi connectivity index (χ4n) is 2.16. The second-order valence-corrected chi connectivity index (χ2v) is 4.03. The van der Waals surface area contributed by atoms with Gasteiger partial charge in [0.05, 0.1) is 0 Å². The molecule has 0 spiro atoms. The minimum absolute atomic E-state index is 0.0851. The minimum Gasteiger partial charge on any atom is -0.872 e.